The molecule has 1 aliphatic heterocycles. The molecule has 0 unspecified atom stereocenters. The highest BCUT2D eigenvalue weighted by Gasteiger charge is 2.17. The molecule has 0 spiro atoms. The van der Waals surface area contributed by atoms with Gasteiger partial charge in [-0.2, -0.15) is 0 Å². The molecule has 2 aromatic heterocycles. The normalized spacial score (nSPS) is 14.9. The lowest BCUT2D eigenvalue weighted by atomic mass is 10.2. The van der Waals surface area contributed by atoms with Crippen molar-refractivity contribution >= 4 is 22.9 Å². The maximum absolute atomic E-state index is 12.6. The van der Waals surface area contributed by atoms with Crippen LogP contribution in [0.1, 0.15) is 15.4 Å². The number of anilines is 1. The number of benzene rings is 1. The zero-order valence-electron chi connectivity index (χ0n) is 16.0. The fourth-order valence-corrected chi connectivity index (χ4v) is 4.32. The Labute approximate surface area is 170 Å². The van der Waals surface area contributed by atoms with Crippen LogP contribution in [0.2, 0.25) is 0 Å². The van der Waals surface area contributed by atoms with Crippen LogP contribution in [-0.4, -0.2) is 54.6 Å². The number of nitrogens with zero attached hydrogens (tertiary/aromatic N) is 3. The predicted octanol–water partition coefficient (Wildman–Crippen LogP) is 3.15. The fourth-order valence-electron chi connectivity index (χ4n) is 3.62. The number of para-hydroxylation sites is 1. The highest BCUT2D eigenvalue weighted by Crippen LogP contribution is 2.15. The van der Waals surface area contributed by atoms with Crippen LogP contribution in [0.3, 0.4) is 0 Å². The fraction of sp³-hybridized carbons (Fsp3) is 0.318. The maximum Gasteiger partial charge on any atom is 0.267 e. The van der Waals surface area contributed by atoms with Crippen molar-refractivity contribution < 1.29 is 4.79 Å². The van der Waals surface area contributed by atoms with Crippen molar-refractivity contribution in [3.63, 3.8) is 0 Å². The topological polar surface area (TPSA) is 40.5 Å². The number of thiophene rings is 1. The van der Waals surface area contributed by atoms with Crippen LogP contribution in [0.15, 0.2) is 66.2 Å². The number of carbonyl (C=O) groups is 1. The van der Waals surface area contributed by atoms with E-state index in [-0.39, 0.29) is 5.91 Å². The monoisotopic (exact) mass is 394 g/mol. The molecule has 0 bridgehead atoms. The lowest BCUT2D eigenvalue weighted by Crippen LogP contribution is -2.48. The van der Waals surface area contributed by atoms with E-state index in [0.29, 0.717) is 6.54 Å². The van der Waals surface area contributed by atoms with E-state index in [4.69, 9.17) is 0 Å². The molecule has 1 fully saturated rings. The van der Waals surface area contributed by atoms with Crippen molar-refractivity contribution in [3.8, 4) is 0 Å². The highest BCUT2D eigenvalue weighted by molar-refractivity contribution is 7.09. The number of piperazine rings is 1. The van der Waals surface area contributed by atoms with Crippen LogP contribution < -0.4 is 10.2 Å². The third-order valence-corrected chi connectivity index (χ3v) is 6.04. The first kappa shape index (κ1) is 18.8. The van der Waals surface area contributed by atoms with Gasteiger partial charge in [0.15, 0.2) is 0 Å². The van der Waals surface area contributed by atoms with E-state index in [1.165, 1.54) is 10.6 Å². The molecule has 3 aromatic rings. The molecule has 1 aliphatic rings. The van der Waals surface area contributed by atoms with E-state index in [1.807, 2.05) is 29.0 Å². The minimum atomic E-state index is 0.00415. The minimum absolute atomic E-state index is 0.00415. The van der Waals surface area contributed by atoms with Gasteiger partial charge in [0.25, 0.3) is 5.91 Å². The van der Waals surface area contributed by atoms with Crippen molar-refractivity contribution in [2.45, 2.75) is 6.54 Å². The Morgan fingerprint density at radius 3 is 2.54 bits per heavy atom. The summed E-state index contributed by atoms with van der Waals surface area (Å²) in [5.41, 5.74) is 2.02. The molecule has 6 heteroatoms. The molecule has 3 heterocycles. The van der Waals surface area contributed by atoms with Gasteiger partial charge in [-0.15, -0.1) is 11.3 Å². The van der Waals surface area contributed by atoms with Crippen molar-refractivity contribution in [2.75, 3.05) is 44.2 Å². The van der Waals surface area contributed by atoms with Gasteiger partial charge in [-0.05, 0) is 35.7 Å². The molecule has 146 valence electrons. The number of hydrogen-bond acceptors (Lipinski definition) is 4. The number of hydrogen-bond donors (Lipinski definition) is 1. The third kappa shape index (κ3) is 4.64. The van der Waals surface area contributed by atoms with E-state index >= 15 is 0 Å². The van der Waals surface area contributed by atoms with E-state index < -0.39 is 0 Å². The average Bonchev–Trinajstić information content (AvgIpc) is 3.42. The molecule has 0 saturated carbocycles. The number of amides is 1. The Kier molecular flexibility index (Phi) is 6.09. The maximum atomic E-state index is 12.6. The summed E-state index contributed by atoms with van der Waals surface area (Å²) < 4.78 is 2.01. The van der Waals surface area contributed by atoms with Crippen molar-refractivity contribution in [1.82, 2.24) is 14.8 Å². The van der Waals surface area contributed by atoms with Crippen molar-refractivity contribution in [3.05, 3.63) is 76.7 Å². The summed E-state index contributed by atoms with van der Waals surface area (Å²) in [6.45, 7) is 6.42. The summed E-state index contributed by atoms with van der Waals surface area (Å²) >= 11 is 1.71. The van der Waals surface area contributed by atoms with E-state index in [2.05, 4.69) is 56.9 Å². The molecule has 1 N–H and O–H groups in total. The van der Waals surface area contributed by atoms with Gasteiger partial charge in [-0.25, -0.2) is 0 Å². The van der Waals surface area contributed by atoms with E-state index in [9.17, 15) is 4.79 Å². The molecular weight excluding hydrogens is 368 g/mol. The van der Waals surface area contributed by atoms with E-state index in [0.717, 1.165) is 45.0 Å². The Balaban J connectivity index is 1.22. The van der Waals surface area contributed by atoms with Gasteiger partial charge in [0.1, 0.15) is 5.69 Å². The Morgan fingerprint density at radius 1 is 0.964 bits per heavy atom. The van der Waals surface area contributed by atoms with Crippen molar-refractivity contribution in [2.24, 2.45) is 0 Å². The van der Waals surface area contributed by atoms with Crippen LogP contribution in [0.4, 0.5) is 5.69 Å². The number of rotatable bonds is 7. The molecule has 28 heavy (non-hydrogen) atoms. The second kappa shape index (κ2) is 9.08. The number of nitrogens with one attached hydrogen (secondary N) is 1. The molecule has 1 saturated heterocycles. The Bertz CT molecular complexity index is 867. The lowest BCUT2D eigenvalue weighted by molar-refractivity contribution is 0.0939. The molecule has 4 rings (SSSR count). The van der Waals surface area contributed by atoms with Gasteiger partial charge in [-0.1, -0.05) is 24.3 Å². The number of aromatic nitrogens is 1. The minimum Gasteiger partial charge on any atom is -0.369 e. The van der Waals surface area contributed by atoms with Gasteiger partial charge in [0.05, 0.1) is 6.54 Å². The van der Waals surface area contributed by atoms with Crippen LogP contribution in [-0.2, 0) is 6.54 Å². The first-order chi connectivity index (χ1) is 13.8. The Hall–Kier alpha value is -2.57. The van der Waals surface area contributed by atoms with Crippen molar-refractivity contribution in [1.29, 1.82) is 0 Å². The van der Waals surface area contributed by atoms with Crippen LogP contribution >= 0.6 is 11.3 Å². The molecule has 1 amide bonds. The summed E-state index contributed by atoms with van der Waals surface area (Å²) in [6, 6.07) is 18.5. The average molecular weight is 395 g/mol. The quantitative estimate of drug-likeness (QED) is 0.669. The van der Waals surface area contributed by atoms with Crippen LogP contribution in [0, 0.1) is 0 Å². The van der Waals surface area contributed by atoms with Crippen LogP contribution in [0.25, 0.3) is 0 Å². The predicted molar refractivity (Wildman–Crippen MR) is 115 cm³/mol. The zero-order chi connectivity index (χ0) is 19.2. The molecule has 1 aromatic carbocycles. The Morgan fingerprint density at radius 2 is 1.79 bits per heavy atom. The summed E-state index contributed by atoms with van der Waals surface area (Å²) in [6.07, 6.45) is 1.97. The SMILES string of the molecule is O=C(NCCN1CCN(c2ccccc2)CC1)c1cccn1Cc1cccs1. The standard InChI is InChI=1S/C22H26N4OS/c27-22(21-9-4-11-26(21)18-20-8-5-17-28-20)23-10-12-24-13-15-25(16-14-24)19-6-2-1-3-7-19/h1-9,11,17H,10,12-16,18H2,(H,23,27). The van der Waals surface area contributed by atoms with E-state index in [1.54, 1.807) is 11.3 Å². The summed E-state index contributed by atoms with van der Waals surface area (Å²) in [5.74, 6) is 0.00415. The molecule has 5 nitrogen and oxygen atoms in total. The number of carbonyl (C=O) groups excluding carboxylic acids is 1. The van der Waals surface area contributed by atoms with Gasteiger partial charge in [0, 0.05) is 56.0 Å². The third-order valence-electron chi connectivity index (χ3n) is 5.18. The second-order valence-electron chi connectivity index (χ2n) is 7.02. The van der Waals surface area contributed by atoms with Gasteiger partial charge < -0.3 is 14.8 Å². The summed E-state index contributed by atoms with van der Waals surface area (Å²) in [4.78, 5) is 18.7. The highest BCUT2D eigenvalue weighted by atomic mass is 32.1. The first-order valence-electron chi connectivity index (χ1n) is 9.78. The van der Waals surface area contributed by atoms with Crippen LogP contribution in [0.5, 0.6) is 0 Å². The molecular formula is C22H26N4OS. The van der Waals surface area contributed by atoms with Gasteiger partial charge in [0.2, 0.25) is 0 Å². The first-order valence-corrected chi connectivity index (χ1v) is 10.7. The lowest BCUT2D eigenvalue weighted by Gasteiger charge is -2.36. The second-order valence-corrected chi connectivity index (χ2v) is 8.05. The molecule has 0 aliphatic carbocycles. The molecule has 0 atom stereocenters. The summed E-state index contributed by atoms with van der Waals surface area (Å²) in [7, 11) is 0. The smallest absolute Gasteiger partial charge is 0.267 e. The molecule has 0 radical (unpaired) electrons. The zero-order valence-corrected chi connectivity index (χ0v) is 16.8. The summed E-state index contributed by atoms with van der Waals surface area (Å²) in [5, 5.41) is 5.15. The van der Waals surface area contributed by atoms with Gasteiger partial charge >= 0.3 is 0 Å². The largest absolute Gasteiger partial charge is 0.369 e. The van der Waals surface area contributed by atoms with Gasteiger partial charge in [-0.3, -0.25) is 9.69 Å².